The molecule has 1 aliphatic heterocycles. The summed E-state index contributed by atoms with van der Waals surface area (Å²) in [5, 5.41) is 1.15. The molecule has 0 fully saturated rings. The molecule has 0 saturated heterocycles. The van der Waals surface area contributed by atoms with Crippen LogP contribution in [-0.2, 0) is 20.5 Å². The van der Waals surface area contributed by atoms with E-state index in [1.807, 2.05) is 0 Å². The molecule has 11 heteroatoms. The molecule has 0 amide bonds. The van der Waals surface area contributed by atoms with E-state index in [2.05, 4.69) is 38.8 Å². The number of halogens is 3. The summed E-state index contributed by atoms with van der Waals surface area (Å²) >= 11 is 20.0. The summed E-state index contributed by atoms with van der Waals surface area (Å²) in [4.78, 5) is 17.9. The third-order valence-electron chi connectivity index (χ3n) is 6.78. The second-order valence-electron chi connectivity index (χ2n) is 11.1. The minimum absolute atomic E-state index is 0.00961. The van der Waals surface area contributed by atoms with Gasteiger partial charge in [0.1, 0.15) is 11.6 Å². The smallest absolute Gasteiger partial charge is 0.244 e. The summed E-state index contributed by atoms with van der Waals surface area (Å²) in [7, 11) is -2.17. The van der Waals surface area contributed by atoms with Crippen LogP contribution in [0.2, 0.25) is 33.2 Å². The van der Waals surface area contributed by atoms with Gasteiger partial charge in [-0.1, -0.05) is 61.6 Å². The van der Waals surface area contributed by atoms with Gasteiger partial charge >= 0.3 is 0 Å². The zero-order valence-electron chi connectivity index (χ0n) is 22.4. The van der Waals surface area contributed by atoms with Gasteiger partial charge in [-0.2, -0.15) is 0 Å². The van der Waals surface area contributed by atoms with Crippen LogP contribution in [-0.4, -0.2) is 30.3 Å². The van der Waals surface area contributed by atoms with Gasteiger partial charge in [0.15, 0.2) is 26.1 Å². The van der Waals surface area contributed by atoms with Gasteiger partial charge in [-0.05, 0) is 30.3 Å². The molecule has 3 heterocycles. The van der Waals surface area contributed by atoms with Crippen molar-refractivity contribution in [2.24, 2.45) is 0 Å². The van der Waals surface area contributed by atoms with Gasteiger partial charge in [-0.15, -0.1) is 0 Å². The lowest BCUT2D eigenvalue weighted by atomic mass is 10.2. The lowest BCUT2D eigenvalue weighted by Gasteiger charge is -2.36. The molecule has 0 unspecified atom stereocenters. The first kappa shape index (κ1) is 28.8. The van der Waals surface area contributed by atoms with Gasteiger partial charge in [-0.3, -0.25) is 4.79 Å². The monoisotopic (exact) mass is 596 g/mol. The summed E-state index contributed by atoms with van der Waals surface area (Å²) in [5.41, 5.74) is 1.08. The van der Waals surface area contributed by atoms with Crippen molar-refractivity contribution in [3.8, 4) is 11.6 Å². The standard InChI is InChI=1S/C27H31Cl3N2O5Si/c1-26(2,3)38(6,7)36-13-16-11-21(33)22-24(32(16)23-18(28)9-8-10-19(23)29)20(30)12-31-25(22)34-14-17-15-35-27(4,5)37-17/h8-12,15H,13-14H2,1-7H3. The van der Waals surface area contributed by atoms with Crippen LogP contribution in [0.5, 0.6) is 5.88 Å². The Morgan fingerprint density at radius 3 is 2.32 bits per heavy atom. The van der Waals surface area contributed by atoms with Crippen LogP contribution in [0.1, 0.15) is 40.3 Å². The molecule has 2 aromatic heterocycles. The molecular formula is C27H31Cl3N2O5Si. The summed E-state index contributed by atoms with van der Waals surface area (Å²) in [6, 6.07) is 6.70. The maximum absolute atomic E-state index is 13.6. The van der Waals surface area contributed by atoms with E-state index in [4.69, 9.17) is 53.4 Å². The Hall–Kier alpha value is -2.23. The van der Waals surface area contributed by atoms with Crippen LogP contribution in [0.3, 0.4) is 0 Å². The molecule has 1 aromatic carbocycles. The topological polar surface area (TPSA) is 71.8 Å². The zero-order chi connectivity index (χ0) is 28.0. The lowest BCUT2D eigenvalue weighted by Crippen LogP contribution is -2.40. The van der Waals surface area contributed by atoms with Gasteiger partial charge in [0.2, 0.25) is 11.7 Å². The van der Waals surface area contributed by atoms with E-state index in [1.165, 1.54) is 18.5 Å². The van der Waals surface area contributed by atoms with Crippen LogP contribution >= 0.6 is 34.8 Å². The highest BCUT2D eigenvalue weighted by Gasteiger charge is 2.37. The van der Waals surface area contributed by atoms with Crippen LogP contribution in [0.15, 0.2) is 47.3 Å². The van der Waals surface area contributed by atoms with E-state index in [-0.39, 0.29) is 40.0 Å². The largest absolute Gasteiger partial charge is 0.469 e. The maximum Gasteiger partial charge on any atom is 0.244 e. The minimum Gasteiger partial charge on any atom is -0.469 e. The van der Waals surface area contributed by atoms with E-state index in [1.54, 1.807) is 36.6 Å². The highest BCUT2D eigenvalue weighted by molar-refractivity contribution is 6.74. The van der Waals surface area contributed by atoms with Crippen molar-refractivity contribution in [3.63, 3.8) is 0 Å². The first-order valence-electron chi connectivity index (χ1n) is 12.1. The maximum atomic E-state index is 13.6. The molecule has 3 aromatic rings. The molecule has 7 nitrogen and oxygen atoms in total. The van der Waals surface area contributed by atoms with E-state index in [0.29, 0.717) is 32.7 Å². The molecule has 0 saturated carbocycles. The Bertz CT molecular complexity index is 1460. The van der Waals surface area contributed by atoms with Crippen molar-refractivity contribution in [3.05, 3.63) is 73.5 Å². The van der Waals surface area contributed by atoms with Gasteiger partial charge < -0.3 is 23.2 Å². The Kier molecular flexibility index (Phi) is 7.87. The summed E-state index contributed by atoms with van der Waals surface area (Å²) in [6.45, 7) is 14.5. The number of ether oxygens (including phenoxy) is 3. The Labute approximate surface area is 238 Å². The van der Waals surface area contributed by atoms with Gasteiger partial charge in [0.25, 0.3) is 0 Å². The van der Waals surface area contributed by atoms with Gasteiger partial charge in [0.05, 0.1) is 44.8 Å². The number of pyridine rings is 2. The van der Waals surface area contributed by atoms with Gasteiger partial charge in [-0.25, -0.2) is 4.98 Å². The SMILES string of the molecule is CC1(C)OC=C(COc2ncc(Cl)c3c2c(=O)cc(CO[Si](C)(C)C(C)(C)C)n3-c2c(Cl)cccc2Cl)O1. The van der Waals surface area contributed by atoms with Crippen molar-refractivity contribution in [1.29, 1.82) is 0 Å². The highest BCUT2D eigenvalue weighted by Crippen LogP contribution is 2.39. The summed E-state index contributed by atoms with van der Waals surface area (Å²) < 4.78 is 25.4. The molecule has 0 spiro atoms. The molecule has 0 radical (unpaired) electrons. The normalized spacial score (nSPS) is 15.3. The highest BCUT2D eigenvalue weighted by atomic mass is 35.5. The van der Waals surface area contributed by atoms with E-state index < -0.39 is 14.1 Å². The lowest BCUT2D eigenvalue weighted by molar-refractivity contribution is -0.119. The van der Waals surface area contributed by atoms with E-state index >= 15 is 0 Å². The van der Waals surface area contributed by atoms with Gasteiger partial charge in [0, 0.05) is 19.9 Å². The summed E-state index contributed by atoms with van der Waals surface area (Å²) in [5.74, 6) is -0.230. The van der Waals surface area contributed by atoms with Crippen molar-refractivity contribution >= 4 is 54.0 Å². The fourth-order valence-corrected chi connectivity index (χ4v) is 5.49. The molecule has 0 bridgehead atoms. The molecule has 0 atom stereocenters. The molecule has 1 aliphatic rings. The van der Waals surface area contributed by atoms with Crippen molar-refractivity contribution in [2.75, 3.05) is 6.61 Å². The Morgan fingerprint density at radius 2 is 1.74 bits per heavy atom. The Balaban J connectivity index is 1.89. The number of para-hydroxylation sites is 1. The number of rotatable bonds is 7. The molecular weight excluding hydrogens is 567 g/mol. The number of benzene rings is 1. The molecule has 38 heavy (non-hydrogen) atoms. The van der Waals surface area contributed by atoms with Crippen LogP contribution < -0.4 is 10.2 Å². The second kappa shape index (κ2) is 10.4. The minimum atomic E-state index is -2.17. The zero-order valence-corrected chi connectivity index (χ0v) is 25.7. The first-order valence-corrected chi connectivity index (χ1v) is 16.2. The molecule has 0 N–H and O–H groups in total. The van der Waals surface area contributed by atoms with Crippen molar-refractivity contribution in [1.82, 2.24) is 9.55 Å². The van der Waals surface area contributed by atoms with Crippen molar-refractivity contribution < 1.29 is 18.6 Å². The van der Waals surface area contributed by atoms with Crippen LogP contribution in [0, 0.1) is 0 Å². The number of aromatic nitrogens is 2. The fourth-order valence-electron chi connectivity index (χ4n) is 3.75. The van der Waals surface area contributed by atoms with Crippen LogP contribution in [0.4, 0.5) is 0 Å². The number of hydrogen-bond donors (Lipinski definition) is 0. The van der Waals surface area contributed by atoms with Crippen LogP contribution in [0.25, 0.3) is 16.6 Å². The Morgan fingerprint density at radius 1 is 1.08 bits per heavy atom. The molecule has 0 aliphatic carbocycles. The van der Waals surface area contributed by atoms with Crippen molar-refractivity contribution in [2.45, 2.75) is 65.1 Å². The average molecular weight is 598 g/mol. The summed E-state index contributed by atoms with van der Waals surface area (Å²) in [6.07, 6.45) is 2.92. The molecule has 204 valence electrons. The average Bonchev–Trinajstić information content (AvgIpc) is 3.16. The second-order valence-corrected chi connectivity index (χ2v) is 17.1. The number of nitrogens with zero attached hydrogens (tertiary/aromatic N) is 2. The van der Waals surface area contributed by atoms with E-state index in [0.717, 1.165) is 0 Å². The number of fused-ring (bicyclic) bond motifs is 1. The third-order valence-corrected chi connectivity index (χ3v) is 12.1. The third kappa shape index (κ3) is 5.70. The fraction of sp³-hybridized carbons (Fsp3) is 0.407. The predicted molar refractivity (Wildman–Crippen MR) is 154 cm³/mol. The quantitative estimate of drug-likeness (QED) is 0.258. The predicted octanol–water partition coefficient (Wildman–Crippen LogP) is 7.87. The van der Waals surface area contributed by atoms with E-state index in [9.17, 15) is 4.79 Å². The molecule has 4 rings (SSSR count). The number of hydrogen-bond acceptors (Lipinski definition) is 6. The first-order chi connectivity index (χ1) is 17.6.